The number of rotatable bonds is 2. The Hall–Kier alpha value is -0.0800. The Morgan fingerprint density at radius 3 is 2.14 bits per heavy atom. The second-order valence-corrected chi connectivity index (χ2v) is 6.32. The van der Waals surface area contributed by atoms with Gasteiger partial charge in [-0.05, 0) is 67.7 Å². The molecule has 4 rings (SSSR count). The predicted molar refractivity (Wildman–Crippen MR) is 55.7 cm³/mol. The summed E-state index contributed by atoms with van der Waals surface area (Å²) in [7, 11) is 0. The first-order valence-corrected chi connectivity index (χ1v) is 6.00. The zero-order valence-corrected chi connectivity index (χ0v) is 8.84. The summed E-state index contributed by atoms with van der Waals surface area (Å²) in [5, 5.41) is 9.60. The molecule has 0 spiro atoms. The second kappa shape index (κ2) is 2.73. The van der Waals surface area contributed by atoms with Crippen LogP contribution in [-0.4, -0.2) is 18.3 Å². The first-order chi connectivity index (χ1) is 6.69. The van der Waals surface area contributed by atoms with E-state index in [0.717, 1.165) is 18.4 Å². The molecule has 0 aliphatic heterocycles. The van der Waals surface area contributed by atoms with Crippen LogP contribution in [0.1, 0.15) is 38.5 Å². The molecule has 4 bridgehead atoms. The lowest BCUT2D eigenvalue weighted by molar-refractivity contribution is -0.125. The Morgan fingerprint density at radius 1 is 1.07 bits per heavy atom. The Morgan fingerprint density at radius 2 is 1.64 bits per heavy atom. The Labute approximate surface area is 85.9 Å². The van der Waals surface area contributed by atoms with Crippen molar-refractivity contribution in [3.63, 3.8) is 0 Å². The fourth-order valence-electron chi connectivity index (χ4n) is 5.07. The molecule has 2 atom stereocenters. The van der Waals surface area contributed by atoms with Crippen molar-refractivity contribution < 1.29 is 5.11 Å². The summed E-state index contributed by atoms with van der Waals surface area (Å²) < 4.78 is 0. The summed E-state index contributed by atoms with van der Waals surface area (Å²) in [4.78, 5) is 0. The molecule has 80 valence electrons. The van der Waals surface area contributed by atoms with E-state index in [9.17, 15) is 5.11 Å². The third kappa shape index (κ3) is 1.10. The highest BCUT2D eigenvalue weighted by Gasteiger charge is 2.56. The molecule has 14 heavy (non-hydrogen) atoms. The molecule has 0 aromatic heterocycles. The smallest absolute Gasteiger partial charge is 0.0487 e. The van der Waals surface area contributed by atoms with Gasteiger partial charge in [0.05, 0.1) is 0 Å². The molecule has 0 heterocycles. The lowest BCUT2D eigenvalue weighted by atomic mass is 9.44. The molecule has 4 saturated carbocycles. The van der Waals surface area contributed by atoms with Gasteiger partial charge in [0.2, 0.25) is 0 Å². The van der Waals surface area contributed by atoms with Crippen molar-refractivity contribution in [2.45, 2.75) is 38.5 Å². The average molecular weight is 195 g/mol. The summed E-state index contributed by atoms with van der Waals surface area (Å²) in [5.74, 6) is 1.76. The third-order valence-corrected chi connectivity index (χ3v) is 5.07. The van der Waals surface area contributed by atoms with Gasteiger partial charge in [0.15, 0.2) is 0 Å². The molecule has 2 nitrogen and oxygen atoms in total. The molecule has 4 aliphatic carbocycles. The van der Waals surface area contributed by atoms with E-state index in [4.69, 9.17) is 5.73 Å². The Balaban J connectivity index is 1.94. The molecule has 0 saturated heterocycles. The summed E-state index contributed by atoms with van der Waals surface area (Å²) in [6, 6.07) is 0. The topological polar surface area (TPSA) is 46.2 Å². The highest BCUT2D eigenvalue weighted by molar-refractivity contribution is 5.07. The first kappa shape index (κ1) is 9.17. The molecule has 2 heteroatoms. The number of nitrogens with two attached hydrogens (primary N) is 1. The normalized spacial score (nSPS) is 55.3. The van der Waals surface area contributed by atoms with Crippen LogP contribution >= 0.6 is 0 Å². The highest BCUT2D eigenvalue weighted by atomic mass is 16.3. The largest absolute Gasteiger partial charge is 0.396 e. The first-order valence-electron chi connectivity index (χ1n) is 6.00. The zero-order chi connectivity index (χ0) is 9.81. The van der Waals surface area contributed by atoms with E-state index in [1.54, 1.807) is 0 Å². The van der Waals surface area contributed by atoms with Crippen LogP contribution in [-0.2, 0) is 0 Å². The van der Waals surface area contributed by atoms with E-state index in [1.165, 1.54) is 38.5 Å². The molecule has 0 aromatic rings. The fourth-order valence-corrected chi connectivity index (χ4v) is 5.07. The summed E-state index contributed by atoms with van der Waals surface area (Å²) >= 11 is 0. The van der Waals surface area contributed by atoms with Gasteiger partial charge in [0.25, 0.3) is 0 Å². The minimum absolute atomic E-state index is 0.281. The van der Waals surface area contributed by atoms with Crippen LogP contribution in [0.2, 0.25) is 0 Å². The van der Waals surface area contributed by atoms with Crippen LogP contribution in [0.3, 0.4) is 0 Å². The maximum Gasteiger partial charge on any atom is 0.0487 e. The van der Waals surface area contributed by atoms with Crippen LogP contribution in [0.25, 0.3) is 0 Å². The van der Waals surface area contributed by atoms with Crippen molar-refractivity contribution in [3.8, 4) is 0 Å². The average Bonchev–Trinajstić information content (AvgIpc) is 2.16. The van der Waals surface area contributed by atoms with Gasteiger partial charge in [-0.25, -0.2) is 0 Å². The fraction of sp³-hybridized carbons (Fsp3) is 1.00. The molecular formula is C12H21NO. The van der Waals surface area contributed by atoms with Crippen molar-refractivity contribution in [2.24, 2.45) is 28.4 Å². The van der Waals surface area contributed by atoms with Crippen LogP contribution in [0.4, 0.5) is 0 Å². The monoisotopic (exact) mass is 195 g/mol. The van der Waals surface area contributed by atoms with Crippen molar-refractivity contribution in [2.75, 3.05) is 13.2 Å². The van der Waals surface area contributed by atoms with Crippen molar-refractivity contribution in [3.05, 3.63) is 0 Å². The lowest BCUT2D eigenvalue weighted by Gasteiger charge is -2.61. The zero-order valence-electron chi connectivity index (χ0n) is 8.84. The third-order valence-electron chi connectivity index (χ3n) is 5.07. The van der Waals surface area contributed by atoms with Gasteiger partial charge in [-0.1, -0.05) is 0 Å². The van der Waals surface area contributed by atoms with Gasteiger partial charge in [0.1, 0.15) is 0 Å². The number of hydrogen-bond acceptors (Lipinski definition) is 2. The number of hydrogen-bond donors (Lipinski definition) is 2. The lowest BCUT2D eigenvalue weighted by Crippen LogP contribution is -2.55. The van der Waals surface area contributed by atoms with Crippen molar-refractivity contribution in [1.82, 2.24) is 0 Å². The van der Waals surface area contributed by atoms with Gasteiger partial charge < -0.3 is 10.8 Å². The minimum atomic E-state index is 0.281. The van der Waals surface area contributed by atoms with Crippen molar-refractivity contribution in [1.29, 1.82) is 0 Å². The molecule has 4 aliphatic rings. The standard InChI is InChI=1S/C12H21NO/c13-7-11-2-9-1-10(3-11)5-12(4-9,6-11)8-14/h9-10,14H,1-8,13H2. The Bertz CT molecular complexity index is 215. The quantitative estimate of drug-likeness (QED) is 0.702. The summed E-state index contributed by atoms with van der Waals surface area (Å²) in [6.07, 6.45) is 7.89. The predicted octanol–water partition coefficient (Wildman–Crippen LogP) is 1.52. The molecular weight excluding hydrogens is 174 g/mol. The minimum Gasteiger partial charge on any atom is -0.396 e. The van der Waals surface area contributed by atoms with E-state index >= 15 is 0 Å². The highest BCUT2D eigenvalue weighted by Crippen LogP contribution is 2.64. The number of aliphatic hydroxyl groups is 1. The summed E-state index contributed by atoms with van der Waals surface area (Å²) in [6.45, 7) is 1.25. The van der Waals surface area contributed by atoms with E-state index in [2.05, 4.69) is 0 Å². The van der Waals surface area contributed by atoms with Gasteiger partial charge >= 0.3 is 0 Å². The molecule has 3 N–H and O–H groups in total. The molecule has 0 aromatic carbocycles. The number of aliphatic hydroxyl groups excluding tert-OH is 1. The van der Waals surface area contributed by atoms with Gasteiger partial charge in [-0.3, -0.25) is 0 Å². The Kier molecular flexibility index (Phi) is 1.79. The van der Waals surface area contributed by atoms with E-state index in [-0.39, 0.29) is 5.41 Å². The second-order valence-electron chi connectivity index (χ2n) is 6.32. The van der Waals surface area contributed by atoms with Crippen molar-refractivity contribution >= 4 is 0 Å². The van der Waals surface area contributed by atoms with Crippen LogP contribution < -0.4 is 5.73 Å². The van der Waals surface area contributed by atoms with Gasteiger partial charge in [0, 0.05) is 6.61 Å². The van der Waals surface area contributed by atoms with E-state index in [0.29, 0.717) is 12.0 Å². The van der Waals surface area contributed by atoms with Crippen LogP contribution in [0, 0.1) is 22.7 Å². The SMILES string of the molecule is NCC12CC3CC(C1)CC(CO)(C3)C2. The molecule has 0 radical (unpaired) electrons. The van der Waals surface area contributed by atoms with Crippen LogP contribution in [0.15, 0.2) is 0 Å². The van der Waals surface area contributed by atoms with E-state index in [1.807, 2.05) is 0 Å². The van der Waals surface area contributed by atoms with Gasteiger partial charge in [-0.15, -0.1) is 0 Å². The summed E-state index contributed by atoms with van der Waals surface area (Å²) in [5.41, 5.74) is 6.66. The molecule has 0 amide bonds. The maximum absolute atomic E-state index is 9.60. The maximum atomic E-state index is 9.60. The van der Waals surface area contributed by atoms with Crippen LogP contribution in [0.5, 0.6) is 0 Å². The molecule has 4 fully saturated rings. The van der Waals surface area contributed by atoms with Gasteiger partial charge in [-0.2, -0.15) is 0 Å². The molecule has 2 unspecified atom stereocenters. The van der Waals surface area contributed by atoms with E-state index < -0.39 is 0 Å².